The molecule has 7 nitrogen and oxygen atoms in total. The molecule has 0 saturated carbocycles. The average molecular weight is 227 g/mol. The first-order chi connectivity index (χ1) is 7.61. The van der Waals surface area contributed by atoms with Crippen molar-refractivity contribution < 1.29 is 5.03 Å². The summed E-state index contributed by atoms with van der Waals surface area (Å²) >= 11 is 0. The summed E-state index contributed by atoms with van der Waals surface area (Å²) in [7, 11) is 0. The highest BCUT2D eigenvalue weighted by Crippen LogP contribution is 1.94. The lowest BCUT2D eigenvalue weighted by atomic mass is 10.3. The fourth-order valence-electron chi connectivity index (χ4n) is 0.909. The van der Waals surface area contributed by atoms with Crippen LogP contribution < -0.4 is 5.73 Å². The van der Waals surface area contributed by atoms with Gasteiger partial charge in [-0.3, -0.25) is 0 Å². The number of hydrogen-bond acceptors (Lipinski definition) is 3. The van der Waals surface area contributed by atoms with Crippen LogP contribution in [0.4, 0.5) is 0 Å². The average Bonchev–Trinajstić information content (AvgIpc) is 2.21. The van der Waals surface area contributed by atoms with Gasteiger partial charge >= 0.3 is 0 Å². The molecule has 16 heavy (non-hydrogen) atoms. The number of rotatable bonds is 7. The zero-order valence-corrected chi connectivity index (χ0v) is 9.37. The lowest BCUT2D eigenvalue weighted by molar-refractivity contribution is -0.485. The largest absolute Gasteiger partial charge is 0.363 e. The van der Waals surface area contributed by atoms with Crippen LogP contribution in [0.5, 0.6) is 0 Å². The number of nitrogens with zero attached hydrogens (tertiary/aromatic N) is 4. The molecule has 0 rings (SSSR count). The molecule has 0 aliphatic heterocycles. The van der Waals surface area contributed by atoms with E-state index in [2.05, 4.69) is 23.7 Å². The van der Waals surface area contributed by atoms with E-state index < -0.39 is 5.03 Å². The number of unbranched alkanes of at least 4 members (excludes halogenated alkanes) is 2. The van der Waals surface area contributed by atoms with Crippen LogP contribution in [0.2, 0.25) is 0 Å². The fourth-order valence-corrected chi connectivity index (χ4v) is 0.909. The first kappa shape index (κ1) is 14.1. The molecule has 0 saturated heterocycles. The molecule has 7 heteroatoms. The van der Waals surface area contributed by atoms with Crippen molar-refractivity contribution in [1.29, 1.82) is 0 Å². The van der Waals surface area contributed by atoms with E-state index >= 15 is 0 Å². The molecule has 0 heterocycles. The van der Waals surface area contributed by atoms with E-state index in [0.717, 1.165) is 19.3 Å². The maximum absolute atomic E-state index is 10.1. The maximum Gasteiger partial charge on any atom is 0.289 e. The van der Waals surface area contributed by atoms with E-state index in [0.29, 0.717) is 0 Å². The molecule has 0 aromatic rings. The van der Waals surface area contributed by atoms with Gasteiger partial charge in [0.05, 0.1) is 6.54 Å². The number of nitro groups is 1. The quantitative estimate of drug-likeness (QED) is 0.176. The summed E-state index contributed by atoms with van der Waals surface area (Å²) in [5, 5.41) is 17.5. The van der Waals surface area contributed by atoms with Gasteiger partial charge in [0.25, 0.3) is 5.96 Å². The van der Waals surface area contributed by atoms with Gasteiger partial charge in [-0.2, -0.15) is 5.10 Å². The van der Waals surface area contributed by atoms with Gasteiger partial charge in [-0.1, -0.05) is 19.4 Å². The summed E-state index contributed by atoms with van der Waals surface area (Å²) in [5.41, 5.74) is 5.39. The van der Waals surface area contributed by atoms with Crippen molar-refractivity contribution in [3.05, 3.63) is 22.8 Å². The van der Waals surface area contributed by atoms with Gasteiger partial charge in [-0.25, -0.2) is 15.1 Å². The summed E-state index contributed by atoms with van der Waals surface area (Å²) in [6, 6.07) is 0. The van der Waals surface area contributed by atoms with Crippen molar-refractivity contribution in [2.45, 2.75) is 26.2 Å². The molecule has 0 atom stereocenters. The lowest BCUT2D eigenvalue weighted by Gasteiger charge is -2.12. The third-order valence-electron chi connectivity index (χ3n) is 1.66. The summed E-state index contributed by atoms with van der Waals surface area (Å²) in [4.78, 5) is 10.1. The van der Waals surface area contributed by atoms with Gasteiger partial charge in [0, 0.05) is 6.21 Å². The minimum absolute atomic E-state index is 0.252. The number of hydrogen-bond donors (Lipinski definition) is 1. The second-order valence-electron chi connectivity index (χ2n) is 3.01. The van der Waals surface area contributed by atoms with Crippen LogP contribution in [-0.2, 0) is 0 Å². The maximum atomic E-state index is 10.1. The highest BCUT2D eigenvalue weighted by atomic mass is 16.7. The summed E-state index contributed by atoms with van der Waals surface area (Å²) in [6.07, 6.45) is 6.08. The fraction of sp³-hybridized carbons (Fsp3) is 0.556. The van der Waals surface area contributed by atoms with E-state index in [1.54, 1.807) is 12.3 Å². The van der Waals surface area contributed by atoms with Gasteiger partial charge in [0.2, 0.25) is 0 Å². The van der Waals surface area contributed by atoms with Crippen molar-refractivity contribution in [2.24, 2.45) is 15.9 Å². The van der Waals surface area contributed by atoms with E-state index in [-0.39, 0.29) is 12.5 Å². The van der Waals surface area contributed by atoms with Crippen molar-refractivity contribution in [1.82, 2.24) is 5.01 Å². The molecular formula is C9H17N5O2. The lowest BCUT2D eigenvalue weighted by Crippen LogP contribution is -2.34. The monoisotopic (exact) mass is 227 g/mol. The Bertz CT molecular complexity index is 288. The Morgan fingerprint density at radius 2 is 2.38 bits per heavy atom. The standard InChI is InChI=1S/C9H17N5O2/c1-3-5-6-7-11-13(8-4-2)9(10)12-14(15)16/h4,7H,2-3,5-6,8H2,1H3,(H2,10,12)/b11-7+. The molecule has 0 aromatic heterocycles. The molecule has 0 amide bonds. The topological polar surface area (TPSA) is 97.1 Å². The normalized spacial score (nSPS) is 11.7. The third-order valence-corrected chi connectivity index (χ3v) is 1.66. The Labute approximate surface area is 94.5 Å². The molecule has 0 aromatic carbocycles. The molecule has 0 unspecified atom stereocenters. The molecule has 0 bridgehead atoms. The van der Waals surface area contributed by atoms with Crippen molar-refractivity contribution >= 4 is 12.2 Å². The molecule has 0 radical (unpaired) electrons. The Balaban J connectivity index is 4.41. The predicted molar refractivity (Wildman–Crippen MR) is 63.5 cm³/mol. The molecular weight excluding hydrogens is 210 g/mol. The first-order valence-electron chi connectivity index (χ1n) is 5.01. The van der Waals surface area contributed by atoms with Crippen LogP contribution in [0.25, 0.3) is 0 Å². The third kappa shape index (κ3) is 6.52. The van der Waals surface area contributed by atoms with Crippen molar-refractivity contribution in [2.75, 3.05) is 6.54 Å². The van der Waals surface area contributed by atoms with Crippen LogP contribution in [0.3, 0.4) is 0 Å². The number of hydrazone groups is 2. The summed E-state index contributed by atoms with van der Waals surface area (Å²) in [6.45, 7) is 5.86. The second kappa shape index (κ2) is 8.39. The Morgan fingerprint density at radius 1 is 1.69 bits per heavy atom. The minimum Gasteiger partial charge on any atom is -0.363 e. The van der Waals surface area contributed by atoms with E-state index in [1.165, 1.54) is 5.01 Å². The Kier molecular flexibility index (Phi) is 7.39. The number of guanidine groups is 1. The van der Waals surface area contributed by atoms with Gasteiger partial charge < -0.3 is 5.73 Å². The van der Waals surface area contributed by atoms with Crippen LogP contribution in [0, 0.1) is 10.1 Å². The predicted octanol–water partition coefficient (Wildman–Crippen LogP) is 1.16. The van der Waals surface area contributed by atoms with Gasteiger partial charge in [0.1, 0.15) is 5.10 Å². The number of nitrogens with two attached hydrogens (primary N) is 1. The molecule has 0 aliphatic carbocycles. The first-order valence-corrected chi connectivity index (χ1v) is 5.01. The summed E-state index contributed by atoms with van der Waals surface area (Å²) in [5.74, 6) is -0.252. The van der Waals surface area contributed by atoms with Crippen LogP contribution >= 0.6 is 0 Å². The minimum atomic E-state index is -0.854. The molecule has 2 N–H and O–H groups in total. The van der Waals surface area contributed by atoms with E-state index in [4.69, 9.17) is 5.73 Å². The second-order valence-corrected chi connectivity index (χ2v) is 3.01. The van der Waals surface area contributed by atoms with Crippen molar-refractivity contribution in [3.63, 3.8) is 0 Å². The zero-order chi connectivity index (χ0) is 12.4. The zero-order valence-electron chi connectivity index (χ0n) is 9.37. The van der Waals surface area contributed by atoms with Crippen LogP contribution in [0.1, 0.15) is 26.2 Å². The van der Waals surface area contributed by atoms with Gasteiger partial charge in [0.15, 0.2) is 5.03 Å². The van der Waals surface area contributed by atoms with Gasteiger partial charge in [-0.15, -0.1) is 6.58 Å². The Morgan fingerprint density at radius 3 is 2.88 bits per heavy atom. The van der Waals surface area contributed by atoms with Gasteiger partial charge in [-0.05, 0) is 12.8 Å². The van der Waals surface area contributed by atoms with Crippen LogP contribution in [0.15, 0.2) is 22.9 Å². The smallest absolute Gasteiger partial charge is 0.289 e. The van der Waals surface area contributed by atoms with Crippen molar-refractivity contribution in [3.8, 4) is 0 Å². The highest BCUT2D eigenvalue weighted by Gasteiger charge is 2.07. The van der Waals surface area contributed by atoms with E-state index in [1.807, 2.05) is 0 Å². The Hall–Kier alpha value is -1.92. The SMILES string of the molecule is C=CCN(/N=C/CCCC)/C(N)=N/[N+](=O)[O-]. The molecule has 90 valence electrons. The molecule has 0 spiro atoms. The van der Waals surface area contributed by atoms with E-state index in [9.17, 15) is 10.1 Å². The van der Waals surface area contributed by atoms with Crippen LogP contribution in [-0.4, -0.2) is 28.8 Å². The summed E-state index contributed by atoms with van der Waals surface area (Å²) < 4.78 is 0. The highest BCUT2D eigenvalue weighted by molar-refractivity contribution is 5.78. The molecule has 0 aliphatic rings. The molecule has 0 fully saturated rings.